The molecule has 0 aromatic carbocycles. The number of hydrogen-bond donors (Lipinski definition) is 3. The molecule has 108 valence electrons. The molecule has 0 spiro atoms. The zero-order valence-electron chi connectivity index (χ0n) is 11.4. The number of carbonyl (C=O) groups is 2. The van der Waals surface area contributed by atoms with Crippen molar-refractivity contribution in [3.8, 4) is 0 Å². The van der Waals surface area contributed by atoms with E-state index < -0.39 is 11.5 Å². The molecule has 2 rings (SSSR count). The molecule has 0 bridgehead atoms. The number of carboxylic acids is 1. The van der Waals surface area contributed by atoms with E-state index in [-0.39, 0.29) is 12.5 Å². The Kier molecular flexibility index (Phi) is 4.29. The Morgan fingerprint density at radius 3 is 2.63 bits per heavy atom. The van der Waals surface area contributed by atoms with E-state index in [4.69, 9.17) is 5.11 Å². The van der Waals surface area contributed by atoms with Crippen LogP contribution in [0.2, 0.25) is 0 Å². The normalized spacial score (nSPS) is 25.6. The van der Waals surface area contributed by atoms with E-state index in [1.165, 1.54) is 0 Å². The van der Waals surface area contributed by atoms with Crippen LogP contribution >= 0.6 is 0 Å². The lowest BCUT2D eigenvalue weighted by Crippen LogP contribution is -2.57. The highest BCUT2D eigenvalue weighted by Gasteiger charge is 2.40. The molecule has 6 heteroatoms. The summed E-state index contributed by atoms with van der Waals surface area (Å²) in [5, 5.41) is 14.6. The first-order valence-corrected chi connectivity index (χ1v) is 6.95. The Morgan fingerprint density at radius 1 is 1.42 bits per heavy atom. The Morgan fingerprint density at radius 2 is 2.16 bits per heavy atom. The summed E-state index contributed by atoms with van der Waals surface area (Å²) in [6.07, 6.45) is 3.64. The summed E-state index contributed by atoms with van der Waals surface area (Å²) in [6.45, 7) is 2.76. The number of hydrogen-bond acceptors (Lipinski definition) is 3. The average molecular weight is 269 g/mol. The highest BCUT2D eigenvalue weighted by molar-refractivity contribution is 5.77. The van der Waals surface area contributed by atoms with Gasteiger partial charge in [0.05, 0.1) is 12.0 Å². The van der Waals surface area contributed by atoms with Gasteiger partial charge in [0.1, 0.15) is 0 Å². The van der Waals surface area contributed by atoms with Crippen molar-refractivity contribution in [3.05, 3.63) is 0 Å². The molecule has 0 aromatic rings. The number of carbonyl (C=O) groups excluding carboxylic acids is 1. The van der Waals surface area contributed by atoms with Crippen molar-refractivity contribution in [2.24, 2.45) is 5.92 Å². The number of aliphatic carboxylic acids is 1. The van der Waals surface area contributed by atoms with E-state index in [0.29, 0.717) is 12.5 Å². The van der Waals surface area contributed by atoms with Gasteiger partial charge in [-0.25, -0.2) is 4.79 Å². The second-order valence-electron chi connectivity index (χ2n) is 5.96. The van der Waals surface area contributed by atoms with E-state index in [1.807, 2.05) is 0 Å². The van der Waals surface area contributed by atoms with Crippen molar-refractivity contribution in [2.45, 2.75) is 37.6 Å². The summed E-state index contributed by atoms with van der Waals surface area (Å²) in [5.41, 5.74) is -0.512. The largest absolute Gasteiger partial charge is 0.481 e. The third-order valence-corrected chi connectivity index (χ3v) is 4.22. The summed E-state index contributed by atoms with van der Waals surface area (Å²) >= 11 is 0. The van der Waals surface area contributed by atoms with Crippen molar-refractivity contribution in [1.82, 2.24) is 15.5 Å². The van der Waals surface area contributed by atoms with Gasteiger partial charge in [-0.15, -0.1) is 0 Å². The molecule has 1 atom stereocenters. The minimum absolute atomic E-state index is 0.0204. The fourth-order valence-corrected chi connectivity index (χ4v) is 2.95. The average Bonchev–Trinajstić information content (AvgIpc) is 2.69. The fraction of sp³-hybridized carbons (Fsp3) is 0.846. The maximum Gasteiger partial charge on any atom is 0.315 e. The highest BCUT2D eigenvalue weighted by atomic mass is 16.4. The molecule has 3 N–H and O–H groups in total. The van der Waals surface area contributed by atoms with E-state index in [1.54, 1.807) is 0 Å². The lowest BCUT2D eigenvalue weighted by Gasteiger charge is -2.41. The molecule has 1 saturated carbocycles. The number of rotatable bonds is 5. The predicted molar refractivity (Wildman–Crippen MR) is 71.0 cm³/mol. The number of amides is 2. The maximum atomic E-state index is 11.8. The topological polar surface area (TPSA) is 81.7 Å². The molecule has 0 radical (unpaired) electrons. The Labute approximate surface area is 113 Å². The first-order valence-electron chi connectivity index (χ1n) is 6.95. The van der Waals surface area contributed by atoms with Gasteiger partial charge < -0.3 is 20.6 Å². The molecule has 1 unspecified atom stereocenters. The zero-order chi connectivity index (χ0) is 13.9. The van der Waals surface area contributed by atoms with Gasteiger partial charge in [0.25, 0.3) is 0 Å². The highest BCUT2D eigenvalue weighted by Crippen LogP contribution is 2.34. The van der Waals surface area contributed by atoms with Gasteiger partial charge in [-0.1, -0.05) is 0 Å². The molecular formula is C13H23N3O3. The summed E-state index contributed by atoms with van der Waals surface area (Å²) < 4.78 is 0. The molecule has 1 aliphatic heterocycles. The van der Waals surface area contributed by atoms with Crippen LogP contribution in [0.15, 0.2) is 0 Å². The minimum Gasteiger partial charge on any atom is -0.481 e. The predicted octanol–water partition coefficient (Wildman–Crippen LogP) is 0.635. The van der Waals surface area contributed by atoms with Gasteiger partial charge in [0.2, 0.25) is 0 Å². The Balaban J connectivity index is 1.72. The molecule has 0 aromatic heterocycles. The van der Waals surface area contributed by atoms with E-state index in [2.05, 4.69) is 22.6 Å². The minimum atomic E-state index is -0.850. The van der Waals surface area contributed by atoms with Gasteiger partial charge in [-0.2, -0.15) is 0 Å². The second-order valence-corrected chi connectivity index (χ2v) is 5.96. The number of likely N-dealkylation sites (tertiary alicyclic amines) is 1. The number of nitrogens with zero attached hydrogens (tertiary/aromatic N) is 1. The zero-order valence-corrected chi connectivity index (χ0v) is 11.4. The van der Waals surface area contributed by atoms with Crippen molar-refractivity contribution < 1.29 is 14.7 Å². The van der Waals surface area contributed by atoms with Gasteiger partial charge in [-0.3, -0.25) is 4.79 Å². The summed E-state index contributed by atoms with van der Waals surface area (Å²) in [6, 6.07) is -0.226. The summed E-state index contributed by atoms with van der Waals surface area (Å²) in [7, 11) is 2.08. The molecule has 2 aliphatic rings. The van der Waals surface area contributed by atoms with Crippen LogP contribution in [-0.2, 0) is 4.79 Å². The molecule has 1 aliphatic carbocycles. The Bertz CT molecular complexity index is 355. The summed E-state index contributed by atoms with van der Waals surface area (Å²) in [4.78, 5) is 24.9. The standard InChI is InChI=1S/C13H23N3O3/c1-16-6-3-10(9-16)8-14-12(19)15-13(4-2-5-13)7-11(17)18/h10H,2-9H2,1H3,(H,17,18)(H2,14,15,19). The van der Waals surface area contributed by atoms with Crippen LogP contribution in [0, 0.1) is 5.92 Å². The van der Waals surface area contributed by atoms with Gasteiger partial charge in [-0.05, 0) is 45.2 Å². The smallest absolute Gasteiger partial charge is 0.315 e. The molecule has 6 nitrogen and oxygen atoms in total. The van der Waals surface area contributed by atoms with Gasteiger partial charge in [0.15, 0.2) is 0 Å². The van der Waals surface area contributed by atoms with Crippen LogP contribution in [0.25, 0.3) is 0 Å². The number of nitrogens with one attached hydrogen (secondary N) is 2. The van der Waals surface area contributed by atoms with E-state index in [9.17, 15) is 9.59 Å². The molecule has 19 heavy (non-hydrogen) atoms. The SMILES string of the molecule is CN1CCC(CNC(=O)NC2(CC(=O)O)CCC2)C1. The first-order chi connectivity index (χ1) is 8.99. The lowest BCUT2D eigenvalue weighted by molar-refractivity contribution is -0.139. The number of carboxylic acid groups (broad SMARTS) is 1. The van der Waals surface area contributed by atoms with E-state index >= 15 is 0 Å². The Hall–Kier alpha value is -1.30. The van der Waals surface area contributed by atoms with Crippen LogP contribution in [0.5, 0.6) is 0 Å². The van der Waals surface area contributed by atoms with Crippen LogP contribution in [0.3, 0.4) is 0 Å². The molecule has 1 saturated heterocycles. The molecule has 2 amide bonds. The van der Waals surface area contributed by atoms with Crippen molar-refractivity contribution >= 4 is 12.0 Å². The van der Waals surface area contributed by atoms with Crippen LogP contribution in [-0.4, -0.2) is 54.2 Å². The molecule has 2 fully saturated rings. The molecular weight excluding hydrogens is 246 g/mol. The first kappa shape index (κ1) is 14.1. The molecule has 1 heterocycles. The van der Waals surface area contributed by atoms with Crippen molar-refractivity contribution in [1.29, 1.82) is 0 Å². The van der Waals surface area contributed by atoms with Crippen LogP contribution in [0.1, 0.15) is 32.1 Å². The maximum absolute atomic E-state index is 11.8. The lowest BCUT2D eigenvalue weighted by atomic mass is 9.74. The number of urea groups is 1. The van der Waals surface area contributed by atoms with Crippen LogP contribution < -0.4 is 10.6 Å². The van der Waals surface area contributed by atoms with Crippen molar-refractivity contribution in [3.63, 3.8) is 0 Å². The second kappa shape index (κ2) is 5.77. The quantitative estimate of drug-likeness (QED) is 0.684. The van der Waals surface area contributed by atoms with Crippen molar-refractivity contribution in [2.75, 3.05) is 26.7 Å². The third kappa shape index (κ3) is 3.83. The third-order valence-electron chi connectivity index (χ3n) is 4.22. The van der Waals surface area contributed by atoms with E-state index in [0.717, 1.165) is 38.8 Å². The summed E-state index contributed by atoms with van der Waals surface area (Å²) in [5.74, 6) is -0.343. The van der Waals surface area contributed by atoms with Gasteiger partial charge >= 0.3 is 12.0 Å². The fourth-order valence-electron chi connectivity index (χ4n) is 2.95. The monoisotopic (exact) mass is 269 g/mol. The van der Waals surface area contributed by atoms with Gasteiger partial charge in [0, 0.05) is 13.1 Å². The van der Waals surface area contributed by atoms with Crippen LogP contribution in [0.4, 0.5) is 4.79 Å².